The number of rotatable bonds is 6. The van der Waals surface area contributed by atoms with Gasteiger partial charge >= 0.3 is 5.97 Å². The van der Waals surface area contributed by atoms with Crippen LogP contribution in [0.4, 0.5) is 0 Å². The minimum absolute atomic E-state index is 0.0536. The van der Waals surface area contributed by atoms with Gasteiger partial charge in [-0.1, -0.05) is 6.92 Å². The minimum atomic E-state index is -0.0536. The fourth-order valence-corrected chi connectivity index (χ4v) is 2.53. The second kappa shape index (κ2) is 7.67. The van der Waals surface area contributed by atoms with Gasteiger partial charge in [-0.05, 0) is 39.3 Å². The molecule has 0 saturated carbocycles. The molecule has 0 bridgehead atoms. The van der Waals surface area contributed by atoms with Crippen LogP contribution in [0.5, 0.6) is 0 Å². The Morgan fingerprint density at radius 3 is 2.76 bits per heavy atom. The molecule has 4 heteroatoms. The molecule has 100 valence electrons. The fourth-order valence-electron chi connectivity index (χ4n) is 2.53. The van der Waals surface area contributed by atoms with Crippen molar-refractivity contribution in [2.75, 3.05) is 33.3 Å². The van der Waals surface area contributed by atoms with Crippen molar-refractivity contribution in [2.24, 2.45) is 5.92 Å². The maximum atomic E-state index is 11.3. The fraction of sp³-hybridized carbons (Fsp3) is 0.923. The van der Waals surface area contributed by atoms with E-state index in [0.29, 0.717) is 25.0 Å². The molecule has 2 unspecified atom stereocenters. The largest absolute Gasteiger partial charge is 0.466 e. The van der Waals surface area contributed by atoms with Crippen LogP contribution in [0.25, 0.3) is 0 Å². The Balaban J connectivity index is 2.33. The van der Waals surface area contributed by atoms with E-state index in [2.05, 4.69) is 17.1 Å². The Labute approximate surface area is 105 Å². The molecule has 17 heavy (non-hydrogen) atoms. The molecule has 1 rings (SSSR count). The molecule has 1 N–H and O–H groups in total. The second-order valence-corrected chi connectivity index (χ2v) is 4.78. The number of hydrogen-bond acceptors (Lipinski definition) is 4. The average Bonchev–Trinajstić information content (AvgIpc) is 2.36. The smallest absolute Gasteiger partial charge is 0.305 e. The number of piperidine rings is 1. The molecule has 1 saturated heterocycles. The van der Waals surface area contributed by atoms with Gasteiger partial charge in [0.05, 0.1) is 6.61 Å². The summed E-state index contributed by atoms with van der Waals surface area (Å²) >= 11 is 0. The van der Waals surface area contributed by atoms with E-state index < -0.39 is 0 Å². The third-order valence-corrected chi connectivity index (χ3v) is 3.53. The van der Waals surface area contributed by atoms with Gasteiger partial charge in [0.2, 0.25) is 0 Å². The van der Waals surface area contributed by atoms with Crippen molar-refractivity contribution in [3.63, 3.8) is 0 Å². The molecule has 4 nitrogen and oxygen atoms in total. The van der Waals surface area contributed by atoms with Gasteiger partial charge in [0.25, 0.3) is 0 Å². The molecule has 0 aliphatic carbocycles. The van der Waals surface area contributed by atoms with Crippen LogP contribution in [0.2, 0.25) is 0 Å². The zero-order chi connectivity index (χ0) is 12.7. The van der Waals surface area contributed by atoms with Gasteiger partial charge in [0, 0.05) is 25.6 Å². The van der Waals surface area contributed by atoms with Crippen LogP contribution in [-0.2, 0) is 9.53 Å². The quantitative estimate of drug-likeness (QED) is 0.712. The van der Waals surface area contributed by atoms with E-state index in [1.165, 1.54) is 6.42 Å². The molecule has 1 heterocycles. The number of nitrogens with zero attached hydrogens (tertiary/aromatic N) is 1. The number of likely N-dealkylation sites (N-methyl/N-ethyl adjacent to an activating group) is 2. The van der Waals surface area contributed by atoms with E-state index in [-0.39, 0.29) is 5.97 Å². The maximum absolute atomic E-state index is 11.3. The Morgan fingerprint density at radius 2 is 2.18 bits per heavy atom. The molecule has 1 fully saturated rings. The predicted octanol–water partition coefficient (Wildman–Crippen LogP) is 1.26. The number of carbonyl (C=O) groups excluding carboxylic acids is 1. The van der Waals surface area contributed by atoms with Gasteiger partial charge in [0.15, 0.2) is 0 Å². The molecule has 0 aromatic heterocycles. The highest BCUT2D eigenvalue weighted by Gasteiger charge is 2.25. The summed E-state index contributed by atoms with van der Waals surface area (Å²) < 4.78 is 4.97. The van der Waals surface area contributed by atoms with Gasteiger partial charge in [-0.2, -0.15) is 0 Å². The second-order valence-electron chi connectivity index (χ2n) is 4.78. The predicted molar refractivity (Wildman–Crippen MR) is 68.9 cm³/mol. The van der Waals surface area contributed by atoms with Gasteiger partial charge in [0.1, 0.15) is 0 Å². The Bertz CT molecular complexity index is 221. The lowest BCUT2D eigenvalue weighted by atomic mass is 9.90. The molecule has 2 atom stereocenters. The third-order valence-electron chi connectivity index (χ3n) is 3.53. The van der Waals surface area contributed by atoms with Crippen LogP contribution in [0, 0.1) is 5.92 Å². The monoisotopic (exact) mass is 242 g/mol. The normalized spacial score (nSPS) is 25.8. The minimum Gasteiger partial charge on any atom is -0.466 e. The highest BCUT2D eigenvalue weighted by atomic mass is 16.5. The standard InChI is InChI=1S/C13H26N2O2/c1-4-15-9-11(8-12(10-15)14-3)6-7-13(16)17-5-2/h11-12,14H,4-10H2,1-3H3. The van der Waals surface area contributed by atoms with Gasteiger partial charge < -0.3 is 15.0 Å². The van der Waals surface area contributed by atoms with Gasteiger partial charge in [-0.25, -0.2) is 0 Å². The van der Waals surface area contributed by atoms with Crippen LogP contribution in [0.1, 0.15) is 33.1 Å². The molecular weight excluding hydrogens is 216 g/mol. The Hall–Kier alpha value is -0.610. The molecular formula is C13H26N2O2. The third kappa shape index (κ3) is 5.04. The molecule has 1 aliphatic rings. The number of ether oxygens (including phenoxy) is 1. The van der Waals surface area contributed by atoms with Gasteiger partial charge in [-0.3, -0.25) is 4.79 Å². The highest BCUT2D eigenvalue weighted by molar-refractivity contribution is 5.69. The molecule has 0 amide bonds. The highest BCUT2D eigenvalue weighted by Crippen LogP contribution is 2.21. The van der Waals surface area contributed by atoms with E-state index in [1.807, 2.05) is 14.0 Å². The topological polar surface area (TPSA) is 41.6 Å². The summed E-state index contributed by atoms with van der Waals surface area (Å²) in [6.45, 7) is 7.88. The first kappa shape index (κ1) is 14.5. The molecule has 0 radical (unpaired) electrons. The first-order valence-electron chi connectivity index (χ1n) is 6.74. The summed E-state index contributed by atoms with van der Waals surface area (Å²) in [5, 5.41) is 3.35. The summed E-state index contributed by atoms with van der Waals surface area (Å²) in [6, 6.07) is 0.566. The van der Waals surface area contributed by atoms with Gasteiger partial charge in [-0.15, -0.1) is 0 Å². The Kier molecular flexibility index (Phi) is 6.52. The van der Waals surface area contributed by atoms with Crippen molar-refractivity contribution in [3.8, 4) is 0 Å². The van der Waals surface area contributed by atoms with Crippen LogP contribution in [-0.4, -0.2) is 50.2 Å². The van der Waals surface area contributed by atoms with Crippen molar-refractivity contribution >= 4 is 5.97 Å². The lowest BCUT2D eigenvalue weighted by molar-refractivity contribution is -0.143. The number of carbonyl (C=O) groups is 1. The lowest BCUT2D eigenvalue weighted by Gasteiger charge is -2.37. The van der Waals surface area contributed by atoms with E-state index in [0.717, 1.165) is 26.1 Å². The van der Waals surface area contributed by atoms with Crippen molar-refractivity contribution in [1.82, 2.24) is 10.2 Å². The van der Waals surface area contributed by atoms with E-state index >= 15 is 0 Å². The van der Waals surface area contributed by atoms with Crippen LogP contribution < -0.4 is 5.32 Å². The van der Waals surface area contributed by atoms with Crippen LogP contribution in [0.3, 0.4) is 0 Å². The first-order valence-corrected chi connectivity index (χ1v) is 6.74. The average molecular weight is 242 g/mol. The number of esters is 1. The maximum Gasteiger partial charge on any atom is 0.305 e. The van der Waals surface area contributed by atoms with Crippen LogP contribution in [0.15, 0.2) is 0 Å². The van der Waals surface area contributed by atoms with Crippen molar-refractivity contribution < 1.29 is 9.53 Å². The summed E-state index contributed by atoms with van der Waals surface area (Å²) in [6.07, 6.45) is 2.69. The van der Waals surface area contributed by atoms with Crippen molar-refractivity contribution in [1.29, 1.82) is 0 Å². The summed E-state index contributed by atoms with van der Waals surface area (Å²) in [4.78, 5) is 13.8. The number of likely N-dealkylation sites (tertiary alicyclic amines) is 1. The molecule has 0 aromatic rings. The van der Waals surface area contributed by atoms with Crippen LogP contribution >= 0.6 is 0 Å². The number of nitrogens with one attached hydrogen (secondary N) is 1. The summed E-state index contributed by atoms with van der Waals surface area (Å²) in [5.41, 5.74) is 0. The van der Waals surface area contributed by atoms with Crippen molar-refractivity contribution in [2.45, 2.75) is 39.2 Å². The molecule has 0 aromatic carbocycles. The van der Waals surface area contributed by atoms with Crippen molar-refractivity contribution in [3.05, 3.63) is 0 Å². The van der Waals surface area contributed by atoms with E-state index in [1.54, 1.807) is 0 Å². The summed E-state index contributed by atoms with van der Waals surface area (Å²) in [5.74, 6) is 0.563. The zero-order valence-electron chi connectivity index (χ0n) is 11.4. The Morgan fingerprint density at radius 1 is 1.41 bits per heavy atom. The SMILES string of the molecule is CCOC(=O)CCC1CC(NC)CN(CC)C1. The number of hydrogen-bond donors (Lipinski definition) is 1. The van der Waals surface area contributed by atoms with E-state index in [9.17, 15) is 4.79 Å². The lowest BCUT2D eigenvalue weighted by Crippen LogP contribution is -2.48. The molecule has 0 spiro atoms. The zero-order valence-corrected chi connectivity index (χ0v) is 11.4. The first-order chi connectivity index (χ1) is 8.19. The summed E-state index contributed by atoms with van der Waals surface area (Å²) in [7, 11) is 2.02. The molecule has 1 aliphatic heterocycles. The van der Waals surface area contributed by atoms with E-state index in [4.69, 9.17) is 4.74 Å².